The van der Waals surface area contributed by atoms with Gasteiger partial charge in [-0.1, -0.05) is 109 Å². The molecule has 2 saturated heterocycles. The molecule has 8 atom stereocenters. The van der Waals surface area contributed by atoms with Gasteiger partial charge in [0.2, 0.25) is 17.7 Å². The van der Waals surface area contributed by atoms with Gasteiger partial charge in [-0.2, -0.15) is 0 Å². The number of rotatable bonds is 7. The number of aliphatic hydroxyl groups is 1. The first-order valence-electron chi connectivity index (χ1n) is 16.7. The number of hydrogen-bond donors (Lipinski definition) is 2. The van der Waals surface area contributed by atoms with Gasteiger partial charge in [-0.15, -0.1) is 0 Å². The van der Waals surface area contributed by atoms with Gasteiger partial charge in [0.15, 0.2) is 0 Å². The molecule has 11 heteroatoms. The Kier molecular flexibility index (Phi) is 10.2. The Morgan fingerprint density at radius 3 is 2.42 bits per heavy atom. The third-order valence-corrected chi connectivity index (χ3v) is 10.9. The van der Waals surface area contributed by atoms with Crippen molar-refractivity contribution >= 4 is 39.6 Å². The highest BCUT2D eigenvalue weighted by Crippen LogP contribution is 2.59. The second-order valence-electron chi connectivity index (χ2n) is 13.1. The Morgan fingerprint density at radius 1 is 1.02 bits per heavy atom. The molecular formula is C37H42BrN3O7. The van der Waals surface area contributed by atoms with Gasteiger partial charge in [-0.3, -0.25) is 19.2 Å². The largest absolute Gasteiger partial charge is 0.455 e. The molecule has 0 unspecified atom stereocenters. The van der Waals surface area contributed by atoms with E-state index in [0.717, 1.165) is 5.56 Å². The molecule has 0 radical (unpaired) electrons. The molecule has 6 rings (SSSR count). The van der Waals surface area contributed by atoms with Crippen LogP contribution in [0.15, 0.2) is 83.4 Å². The van der Waals surface area contributed by atoms with E-state index in [1.54, 1.807) is 11.0 Å². The molecule has 254 valence electrons. The molecule has 4 aliphatic heterocycles. The number of likely N-dealkylation sites (tertiary alicyclic amines) is 1. The summed E-state index contributed by atoms with van der Waals surface area (Å²) in [5, 5.41) is 13.6. The van der Waals surface area contributed by atoms with Gasteiger partial charge in [-0.25, -0.2) is 0 Å². The number of esters is 1. The molecule has 2 N–H and O–H groups in total. The van der Waals surface area contributed by atoms with Crippen molar-refractivity contribution in [3.05, 3.63) is 94.5 Å². The van der Waals surface area contributed by atoms with Gasteiger partial charge in [0.05, 0.1) is 25.1 Å². The number of allylic oxidation sites excluding steroid dienone is 1. The van der Waals surface area contributed by atoms with E-state index in [2.05, 4.69) is 21.2 Å². The minimum absolute atomic E-state index is 0.0516. The normalized spacial score (nSPS) is 31.2. The Hall–Kier alpha value is -3.80. The van der Waals surface area contributed by atoms with Crippen molar-refractivity contribution in [1.29, 1.82) is 0 Å². The first-order valence-corrected chi connectivity index (χ1v) is 17.5. The van der Waals surface area contributed by atoms with Gasteiger partial charge in [0.25, 0.3) is 0 Å². The molecule has 4 heterocycles. The number of carbonyl (C=O) groups is 4. The monoisotopic (exact) mass is 719 g/mol. The van der Waals surface area contributed by atoms with Crippen LogP contribution in [0.25, 0.3) is 0 Å². The second kappa shape index (κ2) is 14.4. The maximum absolute atomic E-state index is 15.0. The lowest BCUT2D eigenvalue weighted by Gasteiger charge is -2.40. The quantitative estimate of drug-likeness (QED) is 0.327. The third kappa shape index (κ3) is 6.23. The van der Waals surface area contributed by atoms with Crippen LogP contribution < -0.4 is 5.32 Å². The number of halogens is 1. The number of amides is 3. The summed E-state index contributed by atoms with van der Waals surface area (Å²) in [5.74, 6) is -3.89. The lowest BCUT2D eigenvalue weighted by Crippen LogP contribution is -2.59. The SMILES string of the molecule is CC[C@H](C)[C@H](CO)N1C(=O)[C@@H]2[C@H]3C(=O)O[C@@H](c4ccccc4)CNC(=O)CC/C=C\CN(Cc4ccccc4)C(=O)[C@@H]1[C@]21C=C(Br)[C@H]3O1. The summed E-state index contributed by atoms with van der Waals surface area (Å²) < 4.78 is 13.4. The average Bonchev–Trinajstić information content (AvgIpc) is 3.69. The number of aliphatic hydroxyl groups excluding tert-OH is 1. The Morgan fingerprint density at radius 2 is 1.73 bits per heavy atom. The zero-order chi connectivity index (χ0) is 34.0. The van der Waals surface area contributed by atoms with Crippen molar-refractivity contribution in [2.75, 3.05) is 19.7 Å². The number of nitrogens with zero attached hydrogens (tertiary/aromatic N) is 2. The molecule has 2 aromatic rings. The minimum atomic E-state index is -1.47. The maximum Gasteiger partial charge on any atom is 0.313 e. The molecule has 0 saturated carbocycles. The van der Waals surface area contributed by atoms with Crippen molar-refractivity contribution in [2.45, 2.75) is 69.5 Å². The van der Waals surface area contributed by atoms with Crippen molar-refractivity contribution < 1.29 is 33.8 Å². The fraction of sp³-hybridized carbons (Fsp3) is 0.459. The highest BCUT2D eigenvalue weighted by atomic mass is 79.9. The predicted molar refractivity (Wildman–Crippen MR) is 181 cm³/mol. The highest BCUT2D eigenvalue weighted by Gasteiger charge is 2.75. The summed E-state index contributed by atoms with van der Waals surface area (Å²) in [6.07, 6.45) is 5.17. The molecule has 0 aliphatic carbocycles. The molecule has 0 aromatic heterocycles. The summed E-state index contributed by atoms with van der Waals surface area (Å²) in [4.78, 5) is 60.0. The number of benzene rings is 2. The van der Waals surface area contributed by atoms with Crippen LogP contribution in [0.4, 0.5) is 0 Å². The topological polar surface area (TPSA) is 125 Å². The van der Waals surface area contributed by atoms with E-state index in [-0.39, 0.29) is 50.4 Å². The Bertz CT molecular complexity index is 1580. The van der Waals surface area contributed by atoms with Crippen LogP contribution in [0.2, 0.25) is 0 Å². The Labute approximate surface area is 289 Å². The van der Waals surface area contributed by atoms with E-state index in [1.807, 2.05) is 86.7 Å². The van der Waals surface area contributed by atoms with E-state index in [1.165, 1.54) is 4.90 Å². The molecule has 2 fully saturated rings. The smallest absolute Gasteiger partial charge is 0.313 e. The van der Waals surface area contributed by atoms with Crippen LogP contribution in [0.5, 0.6) is 0 Å². The summed E-state index contributed by atoms with van der Waals surface area (Å²) in [5.41, 5.74) is 0.126. The highest BCUT2D eigenvalue weighted by molar-refractivity contribution is 9.11. The second-order valence-corrected chi connectivity index (χ2v) is 14.0. The number of hydrogen-bond acceptors (Lipinski definition) is 7. The van der Waals surface area contributed by atoms with Gasteiger partial charge in [0.1, 0.15) is 29.8 Å². The van der Waals surface area contributed by atoms with Crippen molar-refractivity contribution in [3.63, 3.8) is 0 Å². The van der Waals surface area contributed by atoms with Crippen molar-refractivity contribution in [2.24, 2.45) is 17.8 Å². The third-order valence-electron chi connectivity index (χ3n) is 10.2. The zero-order valence-electron chi connectivity index (χ0n) is 27.2. The van der Waals surface area contributed by atoms with Crippen LogP contribution in [0.1, 0.15) is 50.3 Å². The molecule has 4 aliphatic rings. The van der Waals surface area contributed by atoms with E-state index < -0.39 is 53.6 Å². The number of fused-ring (bicyclic) bond motifs is 2. The average molecular weight is 721 g/mol. The first kappa shape index (κ1) is 34.1. The molecule has 1 spiro atoms. The summed E-state index contributed by atoms with van der Waals surface area (Å²) >= 11 is 3.61. The van der Waals surface area contributed by atoms with Crippen LogP contribution in [0.3, 0.4) is 0 Å². The molecule has 2 aromatic carbocycles. The summed E-state index contributed by atoms with van der Waals surface area (Å²) in [6, 6.07) is 16.9. The molecular weight excluding hydrogens is 678 g/mol. The molecule has 10 nitrogen and oxygen atoms in total. The van der Waals surface area contributed by atoms with Crippen molar-refractivity contribution in [1.82, 2.24) is 15.1 Å². The lowest BCUT2D eigenvalue weighted by molar-refractivity contribution is -0.161. The summed E-state index contributed by atoms with van der Waals surface area (Å²) in [6.45, 7) is 4.09. The molecule has 5 bridgehead atoms. The van der Waals surface area contributed by atoms with E-state index in [9.17, 15) is 19.5 Å². The Balaban J connectivity index is 1.47. The van der Waals surface area contributed by atoms with Gasteiger partial charge in [0, 0.05) is 24.0 Å². The molecule has 48 heavy (non-hydrogen) atoms. The van der Waals surface area contributed by atoms with Crippen LogP contribution in [0, 0.1) is 17.8 Å². The number of cyclic esters (lactones) is 1. The van der Waals surface area contributed by atoms with E-state index in [4.69, 9.17) is 9.47 Å². The fourth-order valence-electron chi connectivity index (χ4n) is 7.53. The van der Waals surface area contributed by atoms with Crippen LogP contribution in [-0.2, 0) is 35.2 Å². The van der Waals surface area contributed by atoms with E-state index in [0.29, 0.717) is 22.9 Å². The van der Waals surface area contributed by atoms with Gasteiger partial charge < -0.3 is 29.7 Å². The number of carbonyl (C=O) groups excluding carboxylic acids is 4. The standard InChI is InChI=1S/C37H42BrN3O7/c1-3-23(2)27(22-42)41-33-35(45)40(21-24-13-7-4-8-14-24)18-12-6-11-17-29(43)39-20-28(25-15-9-5-10-16-25)47-36(46)30-31(34(41)44)37(33)19-26(38)32(30)48-37/h4-10,12-16,19,23,27-28,30-33,42H,3,11,17-18,20-22H2,1-2H3,(H,39,43)/b12-6-/t23-,27-,28+,30+,31-,32+,33+,37-/m0/s1. The fourth-order valence-corrected chi connectivity index (χ4v) is 8.27. The summed E-state index contributed by atoms with van der Waals surface area (Å²) in [7, 11) is 0. The number of ether oxygens (including phenoxy) is 2. The minimum Gasteiger partial charge on any atom is -0.455 e. The first-order chi connectivity index (χ1) is 23.2. The maximum atomic E-state index is 15.0. The van der Waals surface area contributed by atoms with E-state index >= 15 is 4.79 Å². The van der Waals surface area contributed by atoms with Gasteiger partial charge >= 0.3 is 5.97 Å². The zero-order valence-corrected chi connectivity index (χ0v) is 28.8. The van der Waals surface area contributed by atoms with Crippen LogP contribution in [-0.4, -0.2) is 82.1 Å². The molecule has 3 amide bonds. The predicted octanol–water partition coefficient (Wildman–Crippen LogP) is 4.05. The van der Waals surface area contributed by atoms with Crippen molar-refractivity contribution in [3.8, 4) is 0 Å². The number of nitrogens with one attached hydrogen (secondary N) is 1. The van der Waals surface area contributed by atoms with Gasteiger partial charge in [-0.05, 0) is 29.5 Å². The van der Waals surface area contributed by atoms with Crippen LogP contribution >= 0.6 is 15.9 Å². The lowest BCUT2D eigenvalue weighted by atomic mass is 9.74.